The van der Waals surface area contributed by atoms with Gasteiger partial charge in [-0.25, -0.2) is 0 Å². The number of ether oxygens (including phenoxy) is 3. The van der Waals surface area contributed by atoms with Gasteiger partial charge in [0.15, 0.2) is 5.78 Å². The second kappa shape index (κ2) is 12.5. The van der Waals surface area contributed by atoms with Crippen molar-refractivity contribution in [1.29, 1.82) is 0 Å². The molecule has 3 rings (SSSR count). The predicted molar refractivity (Wildman–Crippen MR) is 143 cm³/mol. The van der Waals surface area contributed by atoms with Crippen molar-refractivity contribution in [3.05, 3.63) is 0 Å². The van der Waals surface area contributed by atoms with E-state index in [2.05, 4.69) is 13.8 Å². The number of ketones is 1. The van der Waals surface area contributed by atoms with Crippen LogP contribution in [0.15, 0.2) is 0 Å². The highest BCUT2D eigenvalue weighted by atomic mass is 16.6. The summed E-state index contributed by atoms with van der Waals surface area (Å²) in [6.07, 6.45) is 4.79. The van der Waals surface area contributed by atoms with Gasteiger partial charge in [-0.15, -0.1) is 0 Å². The quantitative estimate of drug-likeness (QED) is 0.481. The number of carbonyl (C=O) groups excluding carboxylic acids is 4. The van der Waals surface area contributed by atoms with Crippen molar-refractivity contribution >= 4 is 23.6 Å². The molecule has 1 saturated carbocycles. The number of hydrogen-bond donors (Lipinski definition) is 0. The number of piperidine rings is 1. The van der Waals surface area contributed by atoms with Crippen molar-refractivity contribution in [3.8, 4) is 0 Å². The van der Waals surface area contributed by atoms with E-state index in [1.54, 1.807) is 32.6 Å². The Labute approximate surface area is 228 Å². The van der Waals surface area contributed by atoms with Gasteiger partial charge in [-0.3, -0.25) is 19.2 Å². The molecule has 0 bridgehead atoms. The molecule has 3 fully saturated rings. The van der Waals surface area contributed by atoms with Gasteiger partial charge in [0.05, 0.1) is 37.0 Å². The van der Waals surface area contributed by atoms with E-state index in [0.29, 0.717) is 19.6 Å². The minimum atomic E-state index is -0.741. The lowest BCUT2D eigenvalue weighted by Crippen LogP contribution is -2.50. The molecule has 3 aliphatic rings. The molecule has 2 aliphatic heterocycles. The standard InChI is InChI=1S/C30H49NO7/c1-8-36-28(35)20-14-12-10-9-11-13-15-37-19(2)21(17-24(33)38-29(3,4)5)27(34)31-18-22-25(30(22,6)7)26(31)23(32)16-20/h19-22,25-26H,8-18H2,1-7H3/t19-,20+,21-,22-,25-,26+/m0/s1. The fourth-order valence-corrected chi connectivity index (χ4v) is 6.45. The molecule has 0 aromatic rings. The number of carbonyl (C=O) groups is 4. The molecule has 1 amide bonds. The van der Waals surface area contributed by atoms with Gasteiger partial charge in [0.25, 0.3) is 0 Å². The Morgan fingerprint density at radius 2 is 1.74 bits per heavy atom. The maximum atomic E-state index is 14.1. The Morgan fingerprint density at radius 1 is 1.08 bits per heavy atom. The number of rotatable bonds is 4. The highest BCUT2D eigenvalue weighted by Gasteiger charge is 2.69. The zero-order chi connectivity index (χ0) is 28.3. The zero-order valence-corrected chi connectivity index (χ0v) is 24.5. The molecule has 0 N–H and O–H groups in total. The Bertz CT molecular complexity index is 876. The van der Waals surface area contributed by atoms with Crippen LogP contribution in [0.1, 0.15) is 99.8 Å². The largest absolute Gasteiger partial charge is 0.466 e. The fraction of sp³-hybridized carbons (Fsp3) is 0.867. The first-order valence-corrected chi connectivity index (χ1v) is 14.6. The third-order valence-electron chi connectivity index (χ3n) is 8.66. The van der Waals surface area contributed by atoms with Crippen molar-refractivity contribution in [2.75, 3.05) is 19.8 Å². The minimum absolute atomic E-state index is 0.0415. The Morgan fingerprint density at radius 3 is 2.39 bits per heavy atom. The van der Waals surface area contributed by atoms with Gasteiger partial charge in [-0.1, -0.05) is 39.5 Å². The summed E-state index contributed by atoms with van der Waals surface area (Å²) in [5, 5.41) is 0. The molecule has 0 unspecified atom stereocenters. The molecule has 1 aliphatic carbocycles. The highest BCUT2D eigenvalue weighted by Crippen LogP contribution is 2.65. The van der Waals surface area contributed by atoms with Gasteiger partial charge in [0.1, 0.15) is 5.60 Å². The number of fused-ring (bicyclic) bond motifs is 3. The van der Waals surface area contributed by atoms with Gasteiger partial charge in [-0.05, 0) is 64.7 Å². The number of Topliss-reactive ketones (excluding diaryl/α,β-unsaturated/α-hetero) is 1. The van der Waals surface area contributed by atoms with Gasteiger partial charge in [-0.2, -0.15) is 0 Å². The fourth-order valence-electron chi connectivity index (χ4n) is 6.45. The van der Waals surface area contributed by atoms with Crippen LogP contribution in [0.2, 0.25) is 0 Å². The smallest absolute Gasteiger partial charge is 0.309 e. The van der Waals surface area contributed by atoms with E-state index in [0.717, 1.165) is 32.1 Å². The summed E-state index contributed by atoms with van der Waals surface area (Å²) in [5.41, 5.74) is -0.706. The molecule has 216 valence electrons. The molecule has 38 heavy (non-hydrogen) atoms. The summed E-state index contributed by atoms with van der Waals surface area (Å²) < 4.78 is 17.0. The summed E-state index contributed by atoms with van der Waals surface area (Å²) >= 11 is 0. The van der Waals surface area contributed by atoms with Gasteiger partial charge < -0.3 is 19.1 Å². The summed E-state index contributed by atoms with van der Waals surface area (Å²) in [5.74, 6) is -2.04. The van der Waals surface area contributed by atoms with Crippen LogP contribution in [-0.4, -0.2) is 66.0 Å². The molecular weight excluding hydrogens is 486 g/mol. The normalized spacial score (nSPS) is 32.8. The Hall–Kier alpha value is -1.96. The summed E-state index contributed by atoms with van der Waals surface area (Å²) in [6.45, 7) is 14.6. The number of nitrogens with zero attached hydrogens (tertiary/aromatic N) is 1. The van der Waals surface area contributed by atoms with Crippen LogP contribution in [0.4, 0.5) is 0 Å². The number of esters is 2. The maximum Gasteiger partial charge on any atom is 0.309 e. The van der Waals surface area contributed by atoms with Crippen LogP contribution in [0, 0.1) is 29.1 Å². The van der Waals surface area contributed by atoms with E-state index < -0.39 is 35.6 Å². The first kappa shape index (κ1) is 30.6. The van der Waals surface area contributed by atoms with Crippen LogP contribution in [0.25, 0.3) is 0 Å². The summed E-state index contributed by atoms with van der Waals surface area (Å²) in [4.78, 5) is 55.2. The molecular formula is C30H49NO7. The Kier molecular flexibility index (Phi) is 10.0. The molecule has 0 spiro atoms. The van der Waals surface area contributed by atoms with E-state index in [1.165, 1.54) is 0 Å². The van der Waals surface area contributed by atoms with Crippen LogP contribution >= 0.6 is 0 Å². The molecule has 8 heteroatoms. The third kappa shape index (κ3) is 7.36. The van der Waals surface area contributed by atoms with Crippen LogP contribution in [0.5, 0.6) is 0 Å². The molecule has 0 aromatic carbocycles. The van der Waals surface area contributed by atoms with Crippen LogP contribution < -0.4 is 0 Å². The molecule has 0 radical (unpaired) electrons. The zero-order valence-electron chi connectivity index (χ0n) is 24.5. The maximum absolute atomic E-state index is 14.1. The lowest BCUT2D eigenvalue weighted by Gasteiger charge is -2.35. The van der Waals surface area contributed by atoms with E-state index in [4.69, 9.17) is 14.2 Å². The number of amides is 1. The monoisotopic (exact) mass is 535 g/mol. The molecule has 2 heterocycles. The first-order valence-electron chi connectivity index (χ1n) is 14.6. The molecule has 8 nitrogen and oxygen atoms in total. The van der Waals surface area contributed by atoms with E-state index >= 15 is 0 Å². The SMILES string of the molecule is CCOC(=O)[C@@H]1CCCCCCCO[C@@H](C)[C@H](CC(=O)OC(C)(C)C)C(=O)N2C[C@H]3[C@@H]([C@H]2C(=O)C1)C3(C)C. The molecule has 0 aromatic heterocycles. The van der Waals surface area contributed by atoms with Crippen LogP contribution in [-0.2, 0) is 33.4 Å². The average Bonchev–Trinajstić information content (AvgIpc) is 3.15. The van der Waals surface area contributed by atoms with Crippen molar-refractivity contribution < 1.29 is 33.4 Å². The second-order valence-electron chi connectivity index (χ2n) is 13.0. The first-order chi connectivity index (χ1) is 17.8. The number of hydrogen-bond acceptors (Lipinski definition) is 7. The molecule has 2 saturated heterocycles. The minimum Gasteiger partial charge on any atom is -0.466 e. The lowest BCUT2D eigenvalue weighted by molar-refractivity contribution is -0.162. The summed E-state index contributed by atoms with van der Waals surface area (Å²) in [6, 6.07) is -0.597. The topological polar surface area (TPSA) is 99.2 Å². The van der Waals surface area contributed by atoms with Gasteiger partial charge in [0.2, 0.25) is 5.91 Å². The third-order valence-corrected chi connectivity index (χ3v) is 8.66. The van der Waals surface area contributed by atoms with Crippen molar-refractivity contribution in [3.63, 3.8) is 0 Å². The van der Waals surface area contributed by atoms with E-state index in [-0.39, 0.29) is 54.4 Å². The highest BCUT2D eigenvalue weighted by molar-refractivity contribution is 5.94. The van der Waals surface area contributed by atoms with E-state index in [1.807, 2.05) is 6.92 Å². The predicted octanol–water partition coefficient (Wildman–Crippen LogP) is 4.72. The van der Waals surface area contributed by atoms with Crippen molar-refractivity contribution in [2.24, 2.45) is 29.1 Å². The van der Waals surface area contributed by atoms with Crippen molar-refractivity contribution in [1.82, 2.24) is 4.90 Å². The summed E-state index contributed by atoms with van der Waals surface area (Å²) in [7, 11) is 0. The second-order valence-corrected chi connectivity index (χ2v) is 13.0. The lowest BCUT2D eigenvalue weighted by atomic mass is 9.88. The molecule has 6 atom stereocenters. The van der Waals surface area contributed by atoms with Crippen molar-refractivity contribution in [2.45, 2.75) is 118 Å². The van der Waals surface area contributed by atoms with Gasteiger partial charge in [0, 0.05) is 19.6 Å². The Balaban J connectivity index is 1.89. The van der Waals surface area contributed by atoms with Gasteiger partial charge >= 0.3 is 11.9 Å². The van der Waals surface area contributed by atoms with Crippen LogP contribution in [0.3, 0.4) is 0 Å². The van der Waals surface area contributed by atoms with E-state index in [9.17, 15) is 19.2 Å². The average molecular weight is 536 g/mol.